The van der Waals surface area contributed by atoms with Crippen molar-refractivity contribution >= 4 is 5.84 Å². The van der Waals surface area contributed by atoms with Gasteiger partial charge in [-0.1, -0.05) is 76.9 Å². The van der Waals surface area contributed by atoms with Crippen molar-refractivity contribution in [1.82, 2.24) is 4.90 Å². The highest BCUT2D eigenvalue weighted by Crippen LogP contribution is 2.12. The lowest BCUT2D eigenvalue weighted by Crippen LogP contribution is -2.30. The number of amidine groups is 1. The molecule has 0 atom stereocenters. The molecule has 1 N–H and O–H groups in total. The zero-order chi connectivity index (χ0) is 18.7. The van der Waals surface area contributed by atoms with Gasteiger partial charge in [-0.05, 0) is 32.1 Å². The summed E-state index contributed by atoms with van der Waals surface area (Å²) in [5, 5.41) is 9.05. The zero-order valence-electron chi connectivity index (χ0n) is 17.4. The Balaban J connectivity index is 1.81. The highest BCUT2D eigenvalue weighted by molar-refractivity contribution is 5.83. The molecule has 0 unspecified atom stereocenters. The molecule has 0 aromatic heterocycles. The summed E-state index contributed by atoms with van der Waals surface area (Å²) in [6, 6.07) is 0. The topological polar surface area (TPSA) is 35.8 Å². The Morgan fingerprint density at radius 2 is 1.42 bits per heavy atom. The second-order valence-electron chi connectivity index (χ2n) is 7.70. The van der Waals surface area contributed by atoms with Crippen LogP contribution in [0.4, 0.5) is 0 Å². The normalized spacial score (nSPS) is 14.5. The van der Waals surface area contributed by atoms with E-state index in [1.165, 1.54) is 95.7 Å². The Morgan fingerprint density at radius 1 is 0.846 bits per heavy atom. The largest absolute Gasteiger partial charge is 0.395 e. The molecule has 0 aliphatic carbocycles. The lowest BCUT2D eigenvalue weighted by molar-refractivity contribution is 0.255. The predicted octanol–water partition coefficient (Wildman–Crippen LogP) is 6.12. The maximum Gasteiger partial charge on any atom is 0.0991 e. The van der Waals surface area contributed by atoms with Crippen molar-refractivity contribution in [3.8, 4) is 0 Å². The number of nitrogens with zero attached hydrogens (tertiary/aromatic N) is 2. The average molecular weight is 365 g/mol. The molecule has 152 valence electrons. The monoisotopic (exact) mass is 364 g/mol. The summed E-state index contributed by atoms with van der Waals surface area (Å²) in [7, 11) is 0. The van der Waals surface area contributed by atoms with Crippen molar-refractivity contribution in [3.63, 3.8) is 0 Å². The van der Waals surface area contributed by atoms with Gasteiger partial charge < -0.3 is 10.0 Å². The number of unbranched alkanes of at least 4 members (excludes halogenated alkanes) is 12. The third kappa shape index (κ3) is 12.5. The van der Waals surface area contributed by atoms with Gasteiger partial charge >= 0.3 is 0 Å². The minimum absolute atomic E-state index is 0.240. The van der Waals surface area contributed by atoms with Crippen LogP contribution in [-0.4, -0.2) is 42.1 Å². The van der Waals surface area contributed by atoms with Crippen molar-refractivity contribution in [3.05, 3.63) is 12.2 Å². The van der Waals surface area contributed by atoms with E-state index in [0.29, 0.717) is 0 Å². The molecule has 1 heterocycles. The summed E-state index contributed by atoms with van der Waals surface area (Å²) in [4.78, 5) is 6.81. The number of rotatable bonds is 18. The number of allylic oxidation sites excluding steroid dienone is 2. The third-order valence-corrected chi connectivity index (χ3v) is 5.31. The molecule has 3 nitrogen and oxygen atoms in total. The molecule has 3 heteroatoms. The number of hydrogen-bond acceptors (Lipinski definition) is 3. The summed E-state index contributed by atoms with van der Waals surface area (Å²) in [5.41, 5.74) is 0. The van der Waals surface area contributed by atoms with Crippen molar-refractivity contribution in [2.45, 2.75) is 103 Å². The minimum Gasteiger partial charge on any atom is -0.395 e. The lowest BCUT2D eigenvalue weighted by atomic mass is 10.1. The summed E-state index contributed by atoms with van der Waals surface area (Å²) in [6.45, 7) is 5.19. The zero-order valence-corrected chi connectivity index (χ0v) is 17.4. The molecule has 0 saturated carbocycles. The van der Waals surface area contributed by atoms with Crippen LogP contribution >= 0.6 is 0 Å². The molecule has 0 saturated heterocycles. The van der Waals surface area contributed by atoms with Crippen molar-refractivity contribution in [2.75, 3.05) is 26.2 Å². The van der Waals surface area contributed by atoms with E-state index in [-0.39, 0.29) is 6.61 Å². The minimum atomic E-state index is 0.240. The molecule has 1 aliphatic heterocycles. The van der Waals surface area contributed by atoms with Gasteiger partial charge in [-0.2, -0.15) is 0 Å². The first-order chi connectivity index (χ1) is 12.9. The van der Waals surface area contributed by atoms with E-state index in [9.17, 15) is 0 Å². The van der Waals surface area contributed by atoms with Crippen LogP contribution in [-0.2, 0) is 0 Å². The number of β-amino-alcohol motifs (C(OH)–C–C–N with tert-alkyl or cyclic N) is 1. The van der Waals surface area contributed by atoms with E-state index < -0.39 is 0 Å². The van der Waals surface area contributed by atoms with Crippen LogP contribution < -0.4 is 0 Å². The van der Waals surface area contributed by atoms with E-state index in [1.54, 1.807) is 0 Å². The lowest BCUT2D eigenvalue weighted by Gasteiger charge is -2.18. The Bertz CT molecular complexity index is 365. The Morgan fingerprint density at radius 3 is 2.04 bits per heavy atom. The van der Waals surface area contributed by atoms with E-state index in [2.05, 4.69) is 29.0 Å². The fourth-order valence-electron chi connectivity index (χ4n) is 3.66. The molecule has 0 radical (unpaired) electrons. The molecule has 1 aliphatic rings. The summed E-state index contributed by atoms with van der Waals surface area (Å²) >= 11 is 0. The second-order valence-corrected chi connectivity index (χ2v) is 7.70. The van der Waals surface area contributed by atoms with Crippen molar-refractivity contribution in [1.29, 1.82) is 0 Å². The van der Waals surface area contributed by atoms with Gasteiger partial charge in [0, 0.05) is 19.5 Å². The van der Waals surface area contributed by atoms with Crippen LogP contribution in [0.25, 0.3) is 0 Å². The maximum atomic E-state index is 9.05. The molecule has 0 aromatic carbocycles. The van der Waals surface area contributed by atoms with Gasteiger partial charge in [0.05, 0.1) is 19.0 Å². The number of hydrogen-bond donors (Lipinski definition) is 1. The SMILES string of the molecule is CCCCCCCCCC/C=C/CCCCCCC1=NCCN1CCO. The fraction of sp³-hybridized carbons (Fsp3) is 0.870. The Kier molecular flexibility index (Phi) is 15.7. The van der Waals surface area contributed by atoms with Crippen LogP contribution in [0.5, 0.6) is 0 Å². The van der Waals surface area contributed by atoms with Crippen molar-refractivity contribution < 1.29 is 5.11 Å². The van der Waals surface area contributed by atoms with Gasteiger partial charge in [0.15, 0.2) is 0 Å². The van der Waals surface area contributed by atoms with Crippen LogP contribution in [0.3, 0.4) is 0 Å². The molecular weight excluding hydrogens is 320 g/mol. The van der Waals surface area contributed by atoms with Gasteiger partial charge in [-0.3, -0.25) is 4.99 Å². The fourth-order valence-corrected chi connectivity index (χ4v) is 3.66. The average Bonchev–Trinajstić information content (AvgIpc) is 3.09. The Hall–Kier alpha value is -0.830. The first-order valence-corrected chi connectivity index (χ1v) is 11.4. The molecule has 26 heavy (non-hydrogen) atoms. The smallest absolute Gasteiger partial charge is 0.0991 e. The van der Waals surface area contributed by atoms with Crippen molar-refractivity contribution in [2.24, 2.45) is 4.99 Å². The molecule has 0 amide bonds. The van der Waals surface area contributed by atoms with Crippen LogP contribution in [0.15, 0.2) is 17.1 Å². The number of aliphatic imine (C=N–C) groups is 1. The third-order valence-electron chi connectivity index (χ3n) is 5.31. The molecule has 0 fully saturated rings. The first-order valence-electron chi connectivity index (χ1n) is 11.4. The highest BCUT2D eigenvalue weighted by Gasteiger charge is 2.14. The quantitative estimate of drug-likeness (QED) is 0.235. The molecule has 0 aromatic rings. The van der Waals surface area contributed by atoms with Crippen LogP contribution in [0, 0.1) is 0 Å². The summed E-state index contributed by atoms with van der Waals surface area (Å²) in [5.74, 6) is 1.23. The molecular formula is C23H44N2O. The summed E-state index contributed by atoms with van der Waals surface area (Å²) in [6.07, 6.45) is 24.9. The number of aliphatic hydroxyl groups excluding tert-OH is 1. The van der Waals surface area contributed by atoms with Crippen LogP contribution in [0.2, 0.25) is 0 Å². The molecule has 0 spiro atoms. The van der Waals surface area contributed by atoms with E-state index in [4.69, 9.17) is 5.11 Å². The first kappa shape index (κ1) is 23.2. The van der Waals surface area contributed by atoms with Gasteiger partial charge in [-0.25, -0.2) is 0 Å². The summed E-state index contributed by atoms with van der Waals surface area (Å²) < 4.78 is 0. The van der Waals surface area contributed by atoms with Gasteiger partial charge in [-0.15, -0.1) is 0 Å². The van der Waals surface area contributed by atoms with Gasteiger partial charge in [0.1, 0.15) is 0 Å². The Labute approximate surface area is 163 Å². The highest BCUT2D eigenvalue weighted by atomic mass is 16.3. The predicted molar refractivity (Wildman–Crippen MR) is 115 cm³/mol. The standard InChI is InChI=1S/C23H44N2O/c1-2-3-4-5-6-7-8-9-10-11-12-13-14-15-16-17-18-23-24-19-20-25(23)21-22-26/h11-12,26H,2-10,13-22H2,1H3/b12-11+. The van der Waals surface area contributed by atoms with E-state index in [0.717, 1.165) is 26.1 Å². The molecule has 1 rings (SSSR count). The van der Waals surface area contributed by atoms with Gasteiger partial charge in [0.25, 0.3) is 0 Å². The van der Waals surface area contributed by atoms with E-state index in [1.807, 2.05) is 0 Å². The molecule has 0 bridgehead atoms. The van der Waals surface area contributed by atoms with Gasteiger partial charge in [0.2, 0.25) is 0 Å². The number of aliphatic hydroxyl groups is 1. The van der Waals surface area contributed by atoms with E-state index >= 15 is 0 Å². The van der Waals surface area contributed by atoms with Crippen LogP contribution in [0.1, 0.15) is 103 Å². The maximum absolute atomic E-state index is 9.05. The second kappa shape index (κ2) is 17.6.